The fraction of sp³-hybridized carbons (Fsp3) is 0.192. The number of carbonyl (C=O) groups excluding carboxylic acids is 1. The molecule has 0 unspecified atom stereocenters. The number of hydrogen-bond donors (Lipinski definition) is 1. The molecule has 0 fully saturated rings. The molecule has 0 saturated heterocycles. The monoisotopic (exact) mass is 450 g/mol. The van der Waals surface area contributed by atoms with Crippen molar-refractivity contribution in [3.8, 4) is 34.5 Å². The predicted octanol–water partition coefficient (Wildman–Crippen LogP) is 4.90. The van der Waals surface area contributed by atoms with E-state index in [1.165, 1.54) is 33.5 Å². The molecule has 7 nitrogen and oxygen atoms in total. The number of carbonyl (C=O) groups is 1. The van der Waals surface area contributed by atoms with Gasteiger partial charge in [-0.25, -0.2) is 0 Å². The molecular formula is C26H26O7. The molecule has 0 spiro atoms. The zero-order valence-corrected chi connectivity index (χ0v) is 19.0. The van der Waals surface area contributed by atoms with Gasteiger partial charge in [-0.2, -0.15) is 0 Å². The Morgan fingerprint density at radius 3 is 2.15 bits per heavy atom. The molecule has 3 aromatic rings. The first-order valence-electron chi connectivity index (χ1n) is 10.1. The van der Waals surface area contributed by atoms with Gasteiger partial charge in [-0.3, -0.25) is 4.79 Å². The quantitative estimate of drug-likeness (QED) is 0.347. The molecule has 0 heterocycles. The van der Waals surface area contributed by atoms with Gasteiger partial charge < -0.3 is 28.8 Å². The van der Waals surface area contributed by atoms with Gasteiger partial charge in [-0.1, -0.05) is 42.5 Å². The number of phenols is 1. The summed E-state index contributed by atoms with van der Waals surface area (Å²) in [4.78, 5) is 12.9. The van der Waals surface area contributed by atoms with E-state index in [0.29, 0.717) is 23.7 Å². The third kappa shape index (κ3) is 5.38. The van der Waals surface area contributed by atoms with Crippen molar-refractivity contribution in [3.63, 3.8) is 0 Å². The molecule has 3 rings (SSSR count). The minimum atomic E-state index is -0.465. The van der Waals surface area contributed by atoms with Crippen LogP contribution in [0.2, 0.25) is 0 Å². The van der Waals surface area contributed by atoms with Crippen molar-refractivity contribution in [1.82, 2.24) is 0 Å². The molecule has 0 saturated carbocycles. The lowest BCUT2D eigenvalue weighted by Crippen LogP contribution is -2.03. The van der Waals surface area contributed by atoms with Crippen LogP contribution in [-0.2, 0) is 6.61 Å². The maximum Gasteiger partial charge on any atom is 0.204 e. The van der Waals surface area contributed by atoms with Crippen LogP contribution < -0.4 is 23.7 Å². The lowest BCUT2D eigenvalue weighted by Gasteiger charge is -2.15. The van der Waals surface area contributed by atoms with Gasteiger partial charge in [-0.05, 0) is 29.3 Å². The van der Waals surface area contributed by atoms with Gasteiger partial charge in [0.25, 0.3) is 0 Å². The van der Waals surface area contributed by atoms with Crippen LogP contribution in [0.4, 0.5) is 0 Å². The number of hydrogen-bond acceptors (Lipinski definition) is 7. The normalized spacial score (nSPS) is 10.7. The summed E-state index contributed by atoms with van der Waals surface area (Å²) in [6.45, 7) is 0.375. The van der Waals surface area contributed by atoms with Crippen molar-refractivity contribution < 1.29 is 33.6 Å². The number of benzene rings is 3. The summed E-state index contributed by atoms with van der Waals surface area (Å²) in [6, 6.07) is 16.4. The standard InChI is InChI=1S/C26H26O7/c1-29-21-13-11-17(14-22(21)33-16-18-8-6-5-7-9-18)10-12-19(27)24-20(28)15-23(30-2)25(31-3)26(24)32-4/h5-15,28H,16H2,1-4H3/b12-10+. The minimum Gasteiger partial charge on any atom is -0.507 e. The van der Waals surface area contributed by atoms with E-state index < -0.39 is 5.78 Å². The summed E-state index contributed by atoms with van der Waals surface area (Å²) < 4.78 is 27.1. The molecule has 3 aromatic carbocycles. The highest BCUT2D eigenvalue weighted by molar-refractivity contribution is 6.11. The number of allylic oxidation sites excluding steroid dienone is 1. The van der Waals surface area contributed by atoms with E-state index in [2.05, 4.69) is 0 Å². The van der Waals surface area contributed by atoms with Crippen molar-refractivity contribution in [3.05, 3.63) is 77.4 Å². The Morgan fingerprint density at radius 2 is 1.52 bits per heavy atom. The van der Waals surface area contributed by atoms with E-state index >= 15 is 0 Å². The largest absolute Gasteiger partial charge is 0.507 e. The summed E-state index contributed by atoms with van der Waals surface area (Å²) in [5, 5.41) is 10.4. The van der Waals surface area contributed by atoms with Crippen molar-refractivity contribution in [2.45, 2.75) is 6.61 Å². The van der Waals surface area contributed by atoms with E-state index in [0.717, 1.165) is 5.56 Å². The van der Waals surface area contributed by atoms with Gasteiger partial charge in [0.2, 0.25) is 5.75 Å². The van der Waals surface area contributed by atoms with E-state index in [-0.39, 0.29) is 28.6 Å². The first-order chi connectivity index (χ1) is 16.0. The van der Waals surface area contributed by atoms with Gasteiger partial charge in [0.15, 0.2) is 28.8 Å². The molecule has 0 amide bonds. The SMILES string of the molecule is COc1ccc(/C=C/C(=O)c2c(O)cc(OC)c(OC)c2OC)cc1OCc1ccccc1. The van der Waals surface area contributed by atoms with Crippen LogP contribution in [-0.4, -0.2) is 39.3 Å². The Hall–Kier alpha value is -4.13. The maximum atomic E-state index is 12.9. The van der Waals surface area contributed by atoms with Crippen molar-refractivity contribution in [2.24, 2.45) is 0 Å². The van der Waals surface area contributed by atoms with Gasteiger partial charge >= 0.3 is 0 Å². The highest BCUT2D eigenvalue weighted by atomic mass is 16.5. The maximum absolute atomic E-state index is 12.9. The summed E-state index contributed by atoms with van der Waals surface area (Å²) in [6.07, 6.45) is 2.96. The molecule has 172 valence electrons. The molecule has 0 atom stereocenters. The lowest BCUT2D eigenvalue weighted by atomic mass is 10.0. The summed E-state index contributed by atoms with van der Waals surface area (Å²) in [5.74, 6) is 0.939. The molecule has 33 heavy (non-hydrogen) atoms. The van der Waals surface area contributed by atoms with Crippen LogP contribution in [0.3, 0.4) is 0 Å². The van der Waals surface area contributed by atoms with Crippen LogP contribution in [0.25, 0.3) is 6.08 Å². The molecule has 1 N–H and O–H groups in total. The predicted molar refractivity (Wildman–Crippen MR) is 125 cm³/mol. The Kier molecular flexibility index (Phi) is 7.81. The summed E-state index contributed by atoms with van der Waals surface area (Å²) >= 11 is 0. The number of phenolic OH excluding ortho intramolecular Hbond substituents is 1. The first kappa shape index (κ1) is 23.5. The van der Waals surface area contributed by atoms with Crippen molar-refractivity contribution in [1.29, 1.82) is 0 Å². The van der Waals surface area contributed by atoms with Crippen LogP contribution in [0.5, 0.6) is 34.5 Å². The van der Waals surface area contributed by atoms with Crippen LogP contribution in [0.15, 0.2) is 60.7 Å². The smallest absolute Gasteiger partial charge is 0.204 e. The van der Waals surface area contributed by atoms with Gasteiger partial charge in [0.05, 0.1) is 28.4 Å². The topological polar surface area (TPSA) is 83.5 Å². The number of ether oxygens (including phenoxy) is 5. The highest BCUT2D eigenvalue weighted by Gasteiger charge is 2.24. The zero-order valence-electron chi connectivity index (χ0n) is 19.0. The third-order valence-corrected chi connectivity index (χ3v) is 4.91. The van der Waals surface area contributed by atoms with Gasteiger partial charge in [0, 0.05) is 6.07 Å². The van der Waals surface area contributed by atoms with Crippen LogP contribution in [0.1, 0.15) is 21.5 Å². The lowest BCUT2D eigenvalue weighted by molar-refractivity contribution is 0.104. The molecule has 0 aliphatic carbocycles. The Bertz CT molecular complexity index is 1140. The zero-order chi connectivity index (χ0) is 23.8. The third-order valence-electron chi connectivity index (χ3n) is 4.91. The molecule has 0 aromatic heterocycles. The second kappa shape index (κ2) is 10.9. The van der Waals surface area contributed by atoms with E-state index in [9.17, 15) is 9.90 Å². The average molecular weight is 450 g/mol. The molecule has 0 aliphatic heterocycles. The summed E-state index contributed by atoms with van der Waals surface area (Å²) in [5.41, 5.74) is 1.71. The second-order valence-electron chi connectivity index (χ2n) is 6.92. The Labute approximate surface area is 192 Å². The minimum absolute atomic E-state index is 0.0273. The van der Waals surface area contributed by atoms with E-state index in [1.807, 2.05) is 30.3 Å². The second-order valence-corrected chi connectivity index (χ2v) is 6.92. The first-order valence-corrected chi connectivity index (χ1v) is 10.1. The van der Waals surface area contributed by atoms with Crippen LogP contribution in [0, 0.1) is 0 Å². The molecular weight excluding hydrogens is 424 g/mol. The molecule has 0 aliphatic rings. The number of ketones is 1. The van der Waals surface area contributed by atoms with E-state index in [1.54, 1.807) is 31.4 Å². The van der Waals surface area contributed by atoms with Gasteiger partial charge in [0.1, 0.15) is 17.9 Å². The Morgan fingerprint density at radius 1 is 0.818 bits per heavy atom. The molecule has 0 bridgehead atoms. The summed E-state index contributed by atoms with van der Waals surface area (Å²) in [7, 11) is 5.81. The van der Waals surface area contributed by atoms with Crippen LogP contribution >= 0.6 is 0 Å². The van der Waals surface area contributed by atoms with Crippen molar-refractivity contribution >= 4 is 11.9 Å². The molecule has 7 heteroatoms. The molecule has 0 radical (unpaired) electrons. The fourth-order valence-electron chi connectivity index (χ4n) is 3.28. The van der Waals surface area contributed by atoms with Gasteiger partial charge in [-0.15, -0.1) is 0 Å². The number of aromatic hydroxyl groups is 1. The highest BCUT2D eigenvalue weighted by Crippen LogP contribution is 2.45. The fourth-order valence-corrected chi connectivity index (χ4v) is 3.28. The van der Waals surface area contributed by atoms with E-state index in [4.69, 9.17) is 23.7 Å². The Balaban J connectivity index is 1.87. The number of rotatable bonds is 10. The number of methoxy groups -OCH3 is 4. The average Bonchev–Trinajstić information content (AvgIpc) is 2.85. The van der Waals surface area contributed by atoms with Crippen molar-refractivity contribution in [2.75, 3.05) is 28.4 Å².